The van der Waals surface area contributed by atoms with Gasteiger partial charge in [-0.25, -0.2) is 0 Å². The molecular formula is C10H10F9N3O. The van der Waals surface area contributed by atoms with Gasteiger partial charge in [0.05, 0.1) is 0 Å². The van der Waals surface area contributed by atoms with Crippen molar-refractivity contribution in [3.63, 3.8) is 0 Å². The summed E-state index contributed by atoms with van der Waals surface area (Å²) >= 11 is 0. The molecule has 0 saturated heterocycles. The van der Waals surface area contributed by atoms with Crippen molar-refractivity contribution in [2.45, 2.75) is 38.0 Å². The fourth-order valence-electron chi connectivity index (χ4n) is 1.61. The number of halogens is 9. The van der Waals surface area contributed by atoms with Crippen molar-refractivity contribution in [3.8, 4) is 0 Å². The average molecular weight is 359 g/mol. The van der Waals surface area contributed by atoms with Crippen LogP contribution in [-0.2, 0) is 4.74 Å². The van der Waals surface area contributed by atoms with Gasteiger partial charge in [-0.1, -0.05) is 0 Å². The summed E-state index contributed by atoms with van der Waals surface area (Å²) in [7, 11) is 0. The van der Waals surface area contributed by atoms with E-state index in [4.69, 9.17) is 0 Å². The summed E-state index contributed by atoms with van der Waals surface area (Å²) in [4.78, 5) is 4.75. The highest BCUT2D eigenvalue weighted by Gasteiger charge is 2.75. The zero-order valence-electron chi connectivity index (χ0n) is 11.6. The summed E-state index contributed by atoms with van der Waals surface area (Å²) in [6, 6.07) is -1.45. The maximum Gasteiger partial charge on any atom is 0.468 e. The van der Waals surface area contributed by atoms with Gasteiger partial charge < -0.3 is 9.64 Å². The van der Waals surface area contributed by atoms with Crippen LogP contribution in [0.1, 0.15) is 13.8 Å². The summed E-state index contributed by atoms with van der Waals surface area (Å²) in [6.07, 6.45) is -18.1. The Labute approximate surface area is 123 Å². The van der Waals surface area contributed by atoms with Crippen molar-refractivity contribution in [3.05, 3.63) is 0 Å². The number of hydrogen-bond acceptors (Lipinski definition) is 4. The van der Waals surface area contributed by atoms with Crippen molar-refractivity contribution >= 4 is 11.9 Å². The van der Waals surface area contributed by atoms with Crippen molar-refractivity contribution < 1.29 is 44.3 Å². The molecule has 0 aromatic heterocycles. The third-order valence-electron chi connectivity index (χ3n) is 2.78. The first kappa shape index (κ1) is 19.4. The molecule has 0 bridgehead atoms. The molecule has 1 aliphatic rings. The largest absolute Gasteiger partial charge is 0.468 e. The Morgan fingerprint density at radius 1 is 0.870 bits per heavy atom. The molecule has 1 heterocycles. The zero-order valence-corrected chi connectivity index (χ0v) is 11.6. The van der Waals surface area contributed by atoms with Crippen LogP contribution in [0.25, 0.3) is 0 Å². The number of rotatable bonds is 2. The number of amidine groups is 1. The van der Waals surface area contributed by atoms with E-state index >= 15 is 0 Å². The summed E-state index contributed by atoms with van der Waals surface area (Å²) in [5, 5.41) is 0. The van der Waals surface area contributed by atoms with Crippen LogP contribution in [0.4, 0.5) is 39.5 Å². The second-order valence-electron chi connectivity index (χ2n) is 4.25. The van der Waals surface area contributed by atoms with E-state index in [9.17, 15) is 39.5 Å². The van der Waals surface area contributed by atoms with Crippen LogP contribution in [-0.4, -0.2) is 54.1 Å². The minimum Gasteiger partial charge on any atom is -0.402 e. The lowest BCUT2D eigenvalue weighted by atomic mass is 10.1. The normalized spacial score (nSPS) is 18.9. The molecule has 0 aliphatic carbocycles. The smallest absolute Gasteiger partial charge is 0.402 e. The first-order valence-corrected chi connectivity index (χ1v) is 6.02. The van der Waals surface area contributed by atoms with Gasteiger partial charge in [-0.3, -0.25) is 0 Å². The van der Waals surface area contributed by atoms with E-state index < -0.39 is 36.1 Å². The minimum atomic E-state index is -6.25. The Balaban J connectivity index is 3.66. The predicted octanol–water partition coefficient (Wildman–Crippen LogP) is 3.50. The molecule has 0 fully saturated rings. The monoisotopic (exact) mass is 359 g/mol. The second-order valence-corrected chi connectivity index (χ2v) is 4.25. The van der Waals surface area contributed by atoms with E-state index in [2.05, 4.69) is 9.73 Å². The van der Waals surface area contributed by atoms with Crippen molar-refractivity contribution in [2.75, 3.05) is 13.1 Å². The number of nitrogens with zero attached hydrogens (tertiary/aromatic N) is 3. The van der Waals surface area contributed by atoms with Gasteiger partial charge in [0, 0.05) is 13.1 Å². The molecule has 4 nitrogen and oxygen atoms in total. The van der Waals surface area contributed by atoms with E-state index in [1.54, 1.807) is 4.99 Å². The van der Waals surface area contributed by atoms with Crippen molar-refractivity contribution in [1.29, 1.82) is 0 Å². The van der Waals surface area contributed by atoms with Gasteiger partial charge >= 0.3 is 30.1 Å². The van der Waals surface area contributed by atoms with E-state index in [1.165, 1.54) is 13.8 Å². The standard InChI is InChI=1S/C10H10F9N3O/c1-3-22(4-2)6-21-8(9(14,15)16,10(17,18)19)20-5(23-6)7(11,12)13/h3-4H2,1-2H3. The van der Waals surface area contributed by atoms with E-state index in [-0.39, 0.29) is 13.1 Å². The lowest BCUT2D eigenvalue weighted by Crippen LogP contribution is -2.59. The molecule has 0 N–H and O–H groups in total. The predicted molar refractivity (Wildman–Crippen MR) is 59.8 cm³/mol. The molecular weight excluding hydrogens is 349 g/mol. The Hall–Kier alpha value is -1.69. The van der Waals surface area contributed by atoms with Gasteiger partial charge in [0.1, 0.15) is 0 Å². The molecule has 1 aliphatic heterocycles. The van der Waals surface area contributed by atoms with Gasteiger partial charge in [0.2, 0.25) is 0 Å². The van der Waals surface area contributed by atoms with Crippen LogP contribution in [0.15, 0.2) is 9.98 Å². The van der Waals surface area contributed by atoms with Gasteiger partial charge in [-0.05, 0) is 13.8 Å². The van der Waals surface area contributed by atoms with Crippen LogP contribution < -0.4 is 0 Å². The molecule has 0 amide bonds. The second kappa shape index (κ2) is 5.74. The molecule has 0 aromatic rings. The Kier molecular flexibility index (Phi) is 4.83. The van der Waals surface area contributed by atoms with Crippen LogP contribution in [0.2, 0.25) is 0 Å². The number of aliphatic imine (C=N–C) groups is 2. The van der Waals surface area contributed by atoms with Crippen LogP contribution in [0, 0.1) is 0 Å². The number of hydrogen-bond donors (Lipinski definition) is 0. The summed E-state index contributed by atoms with van der Waals surface area (Å²) in [5.41, 5.74) is -5.28. The highest BCUT2D eigenvalue weighted by atomic mass is 19.4. The quantitative estimate of drug-likeness (QED) is 0.708. The van der Waals surface area contributed by atoms with E-state index in [1.807, 2.05) is 0 Å². The summed E-state index contributed by atoms with van der Waals surface area (Å²) in [5.74, 6) is -2.66. The SMILES string of the molecule is CCN(CC)C1=NC(C(F)(F)F)(C(F)(F)F)N=C(C(F)(F)F)O1. The molecule has 134 valence electrons. The first-order valence-electron chi connectivity index (χ1n) is 6.02. The maximum atomic E-state index is 12.9. The number of alkyl halides is 9. The highest BCUT2D eigenvalue weighted by molar-refractivity contribution is 5.95. The molecule has 0 atom stereocenters. The third-order valence-corrected chi connectivity index (χ3v) is 2.78. The summed E-state index contributed by atoms with van der Waals surface area (Å²) < 4.78 is 120. The molecule has 0 saturated carbocycles. The number of ether oxygens (including phenoxy) is 1. The van der Waals surface area contributed by atoms with Crippen molar-refractivity contribution in [1.82, 2.24) is 4.90 Å². The summed E-state index contributed by atoms with van der Waals surface area (Å²) in [6.45, 7) is 2.12. The molecule has 1 rings (SSSR count). The molecule has 13 heteroatoms. The fraction of sp³-hybridized carbons (Fsp3) is 0.800. The first-order chi connectivity index (χ1) is 10.2. The molecule has 0 radical (unpaired) electrons. The Morgan fingerprint density at radius 2 is 1.30 bits per heavy atom. The van der Waals surface area contributed by atoms with E-state index in [0.29, 0.717) is 4.90 Å². The fourth-order valence-corrected chi connectivity index (χ4v) is 1.61. The van der Waals surface area contributed by atoms with Crippen LogP contribution in [0.5, 0.6) is 0 Å². The van der Waals surface area contributed by atoms with E-state index in [0.717, 1.165) is 0 Å². The zero-order chi connectivity index (χ0) is 18.3. The van der Waals surface area contributed by atoms with Gasteiger partial charge in [-0.2, -0.15) is 49.5 Å². The Morgan fingerprint density at radius 3 is 1.61 bits per heavy atom. The van der Waals surface area contributed by atoms with Gasteiger partial charge in [0.25, 0.3) is 6.02 Å². The highest BCUT2D eigenvalue weighted by Crippen LogP contribution is 2.49. The van der Waals surface area contributed by atoms with Crippen LogP contribution >= 0.6 is 0 Å². The molecule has 23 heavy (non-hydrogen) atoms. The molecule has 0 spiro atoms. The molecule has 0 unspecified atom stereocenters. The lowest BCUT2D eigenvalue weighted by molar-refractivity contribution is -0.294. The topological polar surface area (TPSA) is 37.2 Å². The van der Waals surface area contributed by atoms with Gasteiger partial charge in [-0.15, -0.1) is 0 Å². The Bertz CT molecular complexity index is 485. The van der Waals surface area contributed by atoms with Gasteiger partial charge in [0.15, 0.2) is 0 Å². The maximum absolute atomic E-state index is 12.9. The lowest BCUT2D eigenvalue weighted by Gasteiger charge is -2.36. The average Bonchev–Trinajstić information content (AvgIpc) is 2.36. The molecule has 0 aromatic carbocycles. The third kappa shape index (κ3) is 3.47. The van der Waals surface area contributed by atoms with Crippen LogP contribution in [0.3, 0.4) is 0 Å². The van der Waals surface area contributed by atoms with Crippen molar-refractivity contribution in [2.24, 2.45) is 9.98 Å². The minimum absolute atomic E-state index is 0.230.